The third-order valence-electron chi connectivity index (χ3n) is 4.06. The molecule has 8 heteroatoms. The second-order valence-electron chi connectivity index (χ2n) is 5.90. The summed E-state index contributed by atoms with van der Waals surface area (Å²) in [5, 5.41) is 4.88. The lowest BCUT2D eigenvalue weighted by atomic mass is 10.1. The lowest BCUT2D eigenvalue weighted by molar-refractivity contribution is 0.0730. The van der Waals surface area contributed by atoms with Gasteiger partial charge in [0.1, 0.15) is 5.69 Å². The highest BCUT2D eigenvalue weighted by Gasteiger charge is 2.22. The number of aromatic nitrogens is 3. The molecule has 0 aliphatic carbocycles. The first kappa shape index (κ1) is 17.4. The zero-order chi connectivity index (χ0) is 19.1. The Morgan fingerprint density at radius 2 is 2.11 bits per heavy atom. The second kappa shape index (κ2) is 6.62. The van der Waals surface area contributed by atoms with E-state index in [0.29, 0.717) is 32.7 Å². The number of furan rings is 1. The van der Waals surface area contributed by atoms with Gasteiger partial charge >= 0.3 is 5.97 Å². The number of carbonyl (C=O) groups is 1. The fraction of sp³-hybridized carbons (Fsp3) is 0.105. The predicted octanol–water partition coefficient (Wildman–Crippen LogP) is 4.66. The third kappa shape index (κ3) is 3.12. The molecule has 3 heterocycles. The highest BCUT2D eigenvalue weighted by atomic mass is 79.9. The van der Waals surface area contributed by atoms with Gasteiger partial charge in [-0.1, -0.05) is 15.9 Å². The summed E-state index contributed by atoms with van der Waals surface area (Å²) in [6.07, 6.45) is 1.52. The van der Waals surface area contributed by atoms with E-state index in [1.165, 1.54) is 18.4 Å². The highest BCUT2D eigenvalue weighted by molar-refractivity contribution is 9.10. The molecule has 0 fully saturated rings. The summed E-state index contributed by atoms with van der Waals surface area (Å²) in [5.41, 5.74) is 1.82. The van der Waals surface area contributed by atoms with E-state index in [4.69, 9.17) is 9.15 Å². The summed E-state index contributed by atoms with van der Waals surface area (Å²) in [5.74, 6) is -1.00. The summed E-state index contributed by atoms with van der Waals surface area (Å²) in [7, 11) is 1.73. The topological polar surface area (TPSA) is 70.2 Å². The quantitative estimate of drug-likeness (QED) is 0.349. The molecule has 6 nitrogen and oxygen atoms in total. The molecular formula is C19H13BrFN3O3. The molecular weight excluding hydrogens is 417 g/mol. The van der Waals surface area contributed by atoms with Crippen LogP contribution in [-0.4, -0.2) is 20.7 Å². The number of benzene rings is 1. The molecule has 0 amide bonds. The Hall–Kier alpha value is -3.00. The van der Waals surface area contributed by atoms with Crippen molar-refractivity contribution in [3.8, 4) is 17.2 Å². The number of rotatable bonds is 3. The van der Waals surface area contributed by atoms with Crippen LogP contribution in [0, 0.1) is 12.7 Å². The number of ether oxygens (including phenoxy) is 1. The van der Waals surface area contributed by atoms with Gasteiger partial charge < -0.3 is 9.15 Å². The van der Waals surface area contributed by atoms with Crippen LogP contribution >= 0.6 is 15.9 Å². The monoisotopic (exact) mass is 429 g/mol. The number of hydrogen-bond donors (Lipinski definition) is 0. The average Bonchev–Trinajstić information content (AvgIpc) is 3.26. The molecule has 0 aliphatic heterocycles. The number of halogens is 2. The molecule has 0 radical (unpaired) electrons. The van der Waals surface area contributed by atoms with Gasteiger partial charge in [-0.05, 0) is 43.3 Å². The van der Waals surface area contributed by atoms with Gasteiger partial charge in [-0.15, -0.1) is 0 Å². The largest absolute Gasteiger partial charge is 0.463 e. The van der Waals surface area contributed by atoms with Gasteiger partial charge in [0.05, 0.1) is 22.9 Å². The minimum Gasteiger partial charge on any atom is -0.463 e. The predicted molar refractivity (Wildman–Crippen MR) is 100 cm³/mol. The molecule has 0 aliphatic rings. The molecule has 0 saturated carbocycles. The Morgan fingerprint density at radius 3 is 2.81 bits per heavy atom. The van der Waals surface area contributed by atoms with Crippen molar-refractivity contribution in [1.82, 2.24) is 14.8 Å². The number of fused-ring (bicyclic) bond motifs is 1. The van der Waals surface area contributed by atoms with Crippen molar-refractivity contribution in [2.75, 3.05) is 0 Å². The maximum absolute atomic E-state index is 14.1. The van der Waals surface area contributed by atoms with E-state index in [9.17, 15) is 9.18 Å². The van der Waals surface area contributed by atoms with Crippen molar-refractivity contribution in [2.24, 2.45) is 7.05 Å². The van der Waals surface area contributed by atoms with Crippen molar-refractivity contribution < 1.29 is 18.3 Å². The Morgan fingerprint density at radius 1 is 1.30 bits per heavy atom. The van der Waals surface area contributed by atoms with Crippen molar-refractivity contribution in [3.05, 3.63) is 64.2 Å². The van der Waals surface area contributed by atoms with Crippen LogP contribution in [0.3, 0.4) is 0 Å². The molecule has 136 valence electrons. The number of nitrogens with zero attached hydrogens (tertiary/aromatic N) is 3. The minimum absolute atomic E-state index is 0.158. The number of aryl methyl sites for hydroxylation is 2. The van der Waals surface area contributed by atoms with E-state index in [-0.39, 0.29) is 11.3 Å². The number of pyridine rings is 1. The number of carbonyl (C=O) groups excluding carboxylic acids is 1. The molecule has 27 heavy (non-hydrogen) atoms. The number of esters is 1. The number of hydrogen-bond acceptors (Lipinski definition) is 5. The van der Waals surface area contributed by atoms with Crippen LogP contribution in [0.2, 0.25) is 0 Å². The van der Waals surface area contributed by atoms with E-state index in [0.717, 1.165) is 0 Å². The molecule has 0 spiro atoms. The van der Waals surface area contributed by atoms with Crippen LogP contribution in [0.15, 0.2) is 51.6 Å². The van der Waals surface area contributed by atoms with Crippen LogP contribution in [0.1, 0.15) is 16.1 Å². The average molecular weight is 430 g/mol. The molecule has 0 unspecified atom stereocenters. The van der Waals surface area contributed by atoms with E-state index in [1.807, 2.05) is 0 Å². The fourth-order valence-electron chi connectivity index (χ4n) is 2.87. The first-order valence-corrected chi connectivity index (χ1v) is 8.79. The SMILES string of the molecule is Cc1nn(C)c2nc(-c3ccco3)cc(C(=O)Oc3ccc(Br)cc3F)c12. The molecule has 1 aromatic carbocycles. The molecule has 0 atom stereocenters. The normalized spacial score (nSPS) is 11.1. The Kier molecular flexibility index (Phi) is 4.27. The van der Waals surface area contributed by atoms with Crippen LogP contribution in [0.25, 0.3) is 22.5 Å². The highest BCUT2D eigenvalue weighted by Crippen LogP contribution is 2.29. The standard InChI is InChI=1S/C19H13BrFN3O3/c1-10-17-12(19(25)27-15-6-5-11(20)8-13(15)21)9-14(16-4-3-7-26-16)22-18(17)24(2)23-10/h3-9H,1-2H3. The summed E-state index contributed by atoms with van der Waals surface area (Å²) in [6.45, 7) is 1.77. The Labute approximate surface area is 161 Å². The van der Waals surface area contributed by atoms with Gasteiger partial charge in [-0.25, -0.2) is 14.2 Å². The zero-order valence-corrected chi connectivity index (χ0v) is 15.9. The van der Waals surface area contributed by atoms with E-state index >= 15 is 0 Å². The van der Waals surface area contributed by atoms with Crippen molar-refractivity contribution >= 4 is 32.9 Å². The zero-order valence-electron chi connectivity index (χ0n) is 14.4. The Bertz CT molecular complexity index is 1170. The van der Waals surface area contributed by atoms with E-state index in [2.05, 4.69) is 26.0 Å². The smallest absolute Gasteiger partial charge is 0.344 e. The molecule has 0 saturated heterocycles. The summed E-state index contributed by atoms with van der Waals surface area (Å²) in [6, 6.07) is 9.24. The van der Waals surface area contributed by atoms with Crippen LogP contribution in [0.4, 0.5) is 4.39 Å². The Balaban J connectivity index is 1.85. The maximum atomic E-state index is 14.1. The molecule has 0 bridgehead atoms. The first-order chi connectivity index (χ1) is 12.9. The minimum atomic E-state index is -0.701. The van der Waals surface area contributed by atoms with Gasteiger partial charge in [0.25, 0.3) is 0 Å². The van der Waals surface area contributed by atoms with Gasteiger partial charge in [0.15, 0.2) is 23.0 Å². The summed E-state index contributed by atoms with van der Waals surface area (Å²) < 4.78 is 26.9. The van der Waals surface area contributed by atoms with Crippen LogP contribution < -0.4 is 4.74 Å². The van der Waals surface area contributed by atoms with Gasteiger partial charge in [0.2, 0.25) is 0 Å². The van der Waals surface area contributed by atoms with Crippen LogP contribution in [0.5, 0.6) is 5.75 Å². The van der Waals surface area contributed by atoms with Crippen molar-refractivity contribution in [2.45, 2.75) is 6.92 Å². The van der Waals surface area contributed by atoms with Crippen LogP contribution in [-0.2, 0) is 7.05 Å². The molecule has 4 aromatic rings. The van der Waals surface area contributed by atoms with Gasteiger partial charge in [-0.3, -0.25) is 4.68 Å². The fourth-order valence-corrected chi connectivity index (χ4v) is 3.20. The van der Waals surface area contributed by atoms with Gasteiger partial charge in [-0.2, -0.15) is 5.10 Å². The van der Waals surface area contributed by atoms with Crippen molar-refractivity contribution in [3.63, 3.8) is 0 Å². The maximum Gasteiger partial charge on any atom is 0.344 e. The third-order valence-corrected chi connectivity index (χ3v) is 4.55. The molecule has 0 N–H and O–H groups in total. The first-order valence-electron chi connectivity index (χ1n) is 7.99. The summed E-state index contributed by atoms with van der Waals surface area (Å²) >= 11 is 3.17. The van der Waals surface area contributed by atoms with Gasteiger partial charge in [0, 0.05) is 11.5 Å². The van der Waals surface area contributed by atoms with Crippen molar-refractivity contribution in [1.29, 1.82) is 0 Å². The lowest BCUT2D eigenvalue weighted by Gasteiger charge is -2.08. The van der Waals surface area contributed by atoms with E-state index in [1.54, 1.807) is 42.9 Å². The summed E-state index contributed by atoms with van der Waals surface area (Å²) in [4.78, 5) is 17.4. The lowest BCUT2D eigenvalue weighted by Crippen LogP contribution is -2.11. The second-order valence-corrected chi connectivity index (χ2v) is 6.82. The van der Waals surface area contributed by atoms with E-state index < -0.39 is 11.8 Å². The molecule has 4 rings (SSSR count). The molecule has 3 aromatic heterocycles.